The maximum atomic E-state index is 12.4. The molecule has 0 bridgehead atoms. The van der Waals surface area contributed by atoms with Crippen molar-refractivity contribution in [1.29, 1.82) is 0 Å². The Hall–Kier alpha value is -1.77. The van der Waals surface area contributed by atoms with E-state index < -0.39 is 0 Å². The number of ether oxygens (including phenoxy) is 1. The van der Waals surface area contributed by atoms with Gasteiger partial charge in [-0.2, -0.15) is 4.98 Å². The minimum atomic E-state index is 0.208. The van der Waals surface area contributed by atoms with Crippen LogP contribution in [-0.2, 0) is 29.1 Å². The normalized spacial score (nSPS) is 16.3. The van der Waals surface area contributed by atoms with Gasteiger partial charge in [-0.3, -0.25) is 9.69 Å². The molecule has 0 unspecified atom stereocenters. The smallest absolute Gasteiger partial charge is 0.240 e. The van der Waals surface area contributed by atoms with Crippen molar-refractivity contribution < 1.29 is 14.1 Å². The molecular weight excluding hydrogens is 328 g/mol. The molecule has 2 aromatic rings. The van der Waals surface area contributed by atoms with Gasteiger partial charge in [0, 0.05) is 38.2 Å². The molecule has 1 aliphatic heterocycles. The predicted molar refractivity (Wildman–Crippen MR) is 89.5 cm³/mol. The molecule has 0 spiro atoms. The number of methoxy groups -OCH3 is 1. The Bertz CT molecular complexity index is 644. The van der Waals surface area contributed by atoms with Gasteiger partial charge in [0.15, 0.2) is 5.82 Å². The minimum absolute atomic E-state index is 0.208. The van der Waals surface area contributed by atoms with E-state index in [1.807, 2.05) is 22.4 Å². The van der Waals surface area contributed by atoms with Gasteiger partial charge in [0.1, 0.15) is 6.61 Å². The Kier molecular flexibility index (Phi) is 5.95. The van der Waals surface area contributed by atoms with Gasteiger partial charge in [0.05, 0.1) is 13.0 Å². The Labute approximate surface area is 145 Å². The average molecular weight is 350 g/mol. The van der Waals surface area contributed by atoms with E-state index in [0.717, 1.165) is 37.5 Å². The van der Waals surface area contributed by atoms with E-state index in [-0.39, 0.29) is 5.91 Å². The molecule has 3 heterocycles. The fourth-order valence-electron chi connectivity index (χ4n) is 2.79. The van der Waals surface area contributed by atoms with Crippen LogP contribution in [0.2, 0.25) is 0 Å². The van der Waals surface area contributed by atoms with E-state index >= 15 is 0 Å². The number of thiophene rings is 1. The maximum Gasteiger partial charge on any atom is 0.240 e. The fraction of sp³-hybridized carbons (Fsp3) is 0.562. The lowest BCUT2D eigenvalue weighted by molar-refractivity contribution is -0.130. The zero-order valence-corrected chi connectivity index (χ0v) is 14.6. The summed E-state index contributed by atoms with van der Waals surface area (Å²) < 4.78 is 10.2. The first kappa shape index (κ1) is 17.1. The Morgan fingerprint density at radius 1 is 1.38 bits per heavy atom. The van der Waals surface area contributed by atoms with Gasteiger partial charge in [-0.15, -0.1) is 11.3 Å². The second-order valence-electron chi connectivity index (χ2n) is 5.80. The molecule has 0 N–H and O–H groups in total. The lowest BCUT2D eigenvalue weighted by Gasteiger charge is -2.21. The molecule has 0 aromatic carbocycles. The lowest BCUT2D eigenvalue weighted by Crippen LogP contribution is -2.35. The predicted octanol–water partition coefficient (Wildman–Crippen LogP) is 1.55. The van der Waals surface area contributed by atoms with Gasteiger partial charge in [-0.1, -0.05) is 11.2 Å². The van der Waals surface area contributed by atoms with Gasteiger partial charge in [0.25, 0.3) is 0 Å². The molecular formula is C16H22N4O3S. The van der Waals surface area contributed by atoms with Crippen molar-refractivity contribution in [3.8, 4) is 0 Å². The van der Waals surface area contributed by atoms with Crippen LogP contribution in [0.5, 0.6) is 0 Å². The number of nitrogens with zero attached hydrogens (tertiary/aromatic N) is 4. The molecule has 0 saturated carbocycles. The van der Waals surface area contributed by atoms with Crippen molar-refractivity contribution in [3.05, 3.63) is 34.1 Å². The molecule has 1 saturated heterocycles. The van der Waals surface area contributed by atoms with Crippen LogP contribution in [0.3, 0.4) is 0 Å². The molecule has 7 nitrogen and oxygen atoms in total. The van der Waals surface area contributed by atoms with Crippen molar-refractivity contribution in [2.45, 2.75) is 26.0 Å². The summed E-state index contributed by atoms with van der Waals surface area (Å²) in [6.45, 7) is 4.25. The van der Waals surface area contributed by atoms with Gasteiger partial charge < -0.3 is 14.2 Å². The molecule has 0 radical (unpaired) electrons. The molecule has 130 valence electrons. The van der Waals surface area contributed by atoms with E-state index in [9.17, 15) is 4.79 Å². The highest BCUT2D eigenvalue weighted by Gasteiger charge is 2.21. The summed E-state index contributed by atoms with van der Waals surface area (Å²) in [6.07, 6.45) is 1.46. The standard InChI is InChI=1S/C16H22N4O3S/c1-22-12-14-17-15(23-18-14)11-19-5-3-6-20(8-7-19)16(21)10-13-4-2-9-24-13/h2,4,9H,3,5-8,10-12H2,1H3. The van der Waals surface area contributed by atoms with Gasteiger partial charge in [-0.25, -0.2) is 0 Å². The van der Waals surface area contributed by atoms with Crippen LogP contribution in [0.15, 0.2) is 22.0 Å². The summed E-state index contributed by atoms with van der Waals surface area (Å²) in [5.41, 5.74) is 0. The average Bonchev–Trinajstić information content (AvgIpc) is 3.16. The summed E-state index contributed by atoms with van der Waals surface area (Å²) in [5, 5.41) is 5.89. The molecule has 24 heavy (non-hydrogen) atoms. The number of amides is 1. The fourth-order valence-corrected chi connectivity index (χ4v) is 3.48. The van der Waals surface area contributed by atoms with E-state index in [1.165, 1.54) is 0 Å². The van der Waals surface area contributed by atoms with Crippen molar-refractivity contribution in [3.63, 3.8) is 0 Å². The van der Waals surface area contributed by atoms with Gasteiger partial charge in [0.2, 0.25) is 11.8 Å². The molecule has 3 rings (SSSR count). The van der Waals surface area contributed by atoms with Crippen molar-refractivity contribution in [2.24, 2.45) is 0 Å². The third-order valence-corrected chi connectivity index (χ3v) is 4.87. The third-order valence-electron chi connectivity index (χ3n) is 3.99. The van der Waals surface area contributed by atoms with Crippen LogP contribution in [0.25, 0.3) is 0 Å². The van der Waals surface area contributed by atoms with Crippen LogP contribution in [0, 0.1) is 0 Å². The Balaban J connectivity index is 1.49. The van der Waals surface area contributed by atoms with Crippen molar-refractivity contribution in [2.75, 3.05) is 33.3 Å². The summed E-state index contributed by atoms with van der Waals surface area (Å²) in [5.74, 6) is 1.37. The highest BCUT2D eigenvalue weighted by atomic mass is 32.1. The molecule has 1 fully saturated rings. The number of carbonyl (C=O) groups excluding carboxylic acids is 1. The van der Waals surface area contributed by atoms with E-state index in [4.69, 9.17) is 9.26 Å². The molecule has 8 heteroatoms. The molecule has 2 aromatic heterocycles. The summed E-state index contributed by atoms with van der Waals surface area (Å²) in [7, 11) is 1.60. The van der Waals surface area contributed by atoms with Crippen molar-refractivity contribution in [1.82, 2.24) is 19.9 Å². The number of rotatable bonds is 6. The number of carbonyl (C=O) groups is 1. The van der Waals surface area contributed by atoms with E-state index in [0.29, 0.717) is 31.3 Å². The monoisotopic (exact) mass is 350 g/mol. The van der Waals surface area contributed by atoms with E-state index in [1.54, 1.807) is 18.4 Å². The van der Waals surface area contributed by atoms with Crippen LogP contribution < -0.4 is 0 Å². The van der Waals surface area contributed by atoms with E-state index in [2.05, 4.69) is 15.0 Å². The van der Waals surface area contributed by atoms with Crippen LogP contribution >= 0.6 is 11.3 Å². The van der Waals surface area contributed by atoms with Crippen LogP contribution in [0.1, 0.15) is 23.0 Å². The highest BCUT2D eigenvalue weighted by molar-refractivity contribution is 7.10. The zero-order valence-electron chi connectivity index (χ0n) is 13.8. The minimum Gasteiger partial charge on any atom is -0.377 e. The Morgan fingerprint density at radius 2 is 2.29 bits per heavy atom. The first-order valence-corrected chi connectivity index (χ1v) is 8.95. The van der Waals surface area contributed by atoms with Gasteiger partial charge in [-0.05, 0) is 17.9 Å². The van der Waals surface area contributed by atoms with Crippen LogP contribution in [0.4, 0.5) is 0 Å². The lowest BCUT2D eigenvalue weighted by atomic mass is 10.3. The molecule has 1 aliphatic rings. The van der Waals surface area contributed by atoms with Crippen molar-refractivity contribution >= 4 is 17.2 Å². The molecule has 0 aliphatic carbocycles. The van der Waals surface area contributed by atoms with Crippen LogP contribution in [-0.4, -0.2) is 59.1 Å². The molecule has 0 atom stereocenters. The first-order valence-electron chi connectivity index (χ1n) is 8.07. The first-order chi connectivity index (χ1) is 11.7. The summed E-state index contributed by atoms with van der Waals surface area (Å²) >= 11 is 1.63. The summed E-state index contributed by atoms with van der Waals surface area (Å²) in [6, 6.07) is 4.00. The number of hydrogen-bond acceptors (Lipinski definition) is 7. The maximum absolute atomic E-state index is 12.4. The quantitative estimate of drug-likeness (QED) is 0.787. The zero-order chi connectivity index (χ0) is 16.8. The summed E-state index contributed by atoms with van der Waals surface area (Å²) in [4.78, 5) is 22.1. The number of hydrogen-bond donors (Lipinski definition) is 0. The van der Waals surface area contributed by atoms with Gasteiger partial charge >= 0.3 is 0 Å². The second kappa shape index (κ2) is 8.36. The number of aromatic nitrogens is 2. The SMILES string of the molecule is COCc1noc(CN2CCCN(C(=O)Cc3cccs3)CC2)n1. The highest BCUT2D eigenvalue weighted by Crippen LogP contribution is 2.13. The Morgan fingerprint density at radius 3 is 3.08 bits per heavy atom. The largest absolute Gasteiger partial charge is 0.377 e. The molecule has 1 amide bonds. The topological polar surface area (TPSA) is 71.7 Å². The second-order valence-corrected chi connectivity index (χ2v) is 6.84. The third kappa shape index (κ3) is 4.62.